The number of likely N-dealkylation sites (tertiary alicyclic amines) is 1. The number of hydrogen-bond donors (Lipinski definition) is 2. The summed E-state index contributed by atoms with van der Waals surface area (Å²) in [6, 6.07) is 3.71. The third-order valence-electron chi connectivity index (χ3n) is 5.10. The minimum Gasteiger partial charge on any atom is -0.504 e. The molecule has 0 amide bonds. The summed E-state index contributed by atoms with van der Waals surface area (Å²) in [6.07, 6.45) is 7.57. The molecule has 0 spiro atoms. The summed E-state index contributed by atoms with van der Waals surface area (Å²) in [6.45, 7) is 4.39. The summed E-state index contributed by atoms with van der Waals surface area (Å²) >= 11 is 0. The second-order valence-electron chi connectivity index (χ2n) is 6.99. The van der Waals surface area contributed by atoms with Gasteiger partial charge in [0.15, 0.2) is 5.75 Å². The van der Waals surface area contributed by atoms with Gasteiger partial charge in [-0.2, -0.15) is 0 Å². The van der Waals surface area contributed by atoms with Gasteiger partial charge in [0, 0.05) is 36.1 Å². The van der Waals surface area contributed by atoms with E-state index in [1.54, 1.807) is 6.08 Å². The number of phenolic OH excluding ortho intramolecular Hbond substituents is 1. The molecule has 26 heavy (non-hydrogen) atoms. The van der Waals surface area contributed by atoms with Crippen LogP contribution in [0, 0.1) is 5.92 Å². The Bertz CT molecular complexity index is 719. The van der Waals surface area contributed by atoms with Crippen LogP contribution in [0.1, 0.15) is 50.2 Å². The number of unbranched alkanes of at least 4 members (excludes halogenated alkanes) is 1. The van der Waals surface area contributed by atoms with E-state index in [2.05, 4.69) is 17.0 Å². The van der Waals surface area contributed by atoms with Gasteiger partial charge in [0.1, 0.15) is 5.78 Å². The molecule has 2 N–H and O–H groups in total. The number of aromatic hydroxyl groups is 1. The predicted octanol–water partition coefficient (Wildman–Crippen LogP) is 3.64. The average molecular weight is 358 g/mol. The minimum absolute atomic E-state index is 0.0479. The number of ketones is 1. The number of oxime groups is 1. The highest BCUT2D eigenvalue weighted by molar-refractivity contribution is 5.91. The van der Waals surface area contributed by atoms with E-state index in [-0.39, 0.29) is 23.3 Å². The molecule has 1 fully saturated rings. The van der Waals surface area contributed by atoms with Gasteiger partial charge >= 0.3 is 0 Å². The predicted molar refractivity (Wildman–Crippen MR) is 100 cm³/mol. The number of benzene rings is 1. The number of nitrogens with zero attached hydrogens (tertiary/aromatic N) is 2. The number of aliphatic hydroxyl groups excluding tert-OH is 1. The quantitative estimate of drug-likeness (QED) is 0.811. The van der Waals surface area contributed by atoms with Crippen molar-refractivity contribution >= 4 is 17.8 Å². The van der Waals surface area contributed by atoms with Gasteiger partial charge in [-0.3, -0.25) is 9.69 Å². The van der Waals surface area contributed by atoms with Gasteiger partial charge in [0.25, 0.3) is 0 Å². The van der Waals surface area contributed by atoms with Crippen LogP contribution in [0.25, 0.3) is 6.08 Å². The third-order valence-corrected chi connectivity index (χ3v) is 5.10. The van der Waals surface area contributed by atoms with E-state index in [9.17, 15) is 15.0 Å². The van der Waals surface area contributed by atoms with Crippen LogP contribution in [0.4, 0.5) is 0 Å². The number of carbonyl (C=O) groups is 1. The number of aliphatic hydroxyl groups is 1. The molecule has 6 nitrogen and oxygen atoms in total. The van der Waals surface area contributed by atoms with E-state index in [0.717, 1.165) is 44.3 Å². The van der Waals surface area contributed by atoms with Gasteiger partial charge in [0.05, 0.1) is 0 Å². The maximum atomic E-state index is 12.2. The third kappa shape index (κ3) is 4.25. The van der Waals surface area contributed by atoms with Crippen molar-refractivity contribution in [3.63, 3.8) is 0 Å². The standard InChI is InChI=1S/C20H26N2O4/c1-2-3-4-17(23)14-9-11-22(12-10-14)13-16-6-5-15-7-8-18(24)21-26-20(15)19(16)25/h5-8,14,25H,2-4,9-13H2,1H3,(H,21,24). The lowest BCUT2D eigenvalue weighted by Crippen LogP contribution is -2.35. The number of piperidine rings is 1. The van der Waals surface area contributed by atoms with E-state index in [1.807, 2.05) is 12.1 Å². The fourth-order valence-electron chi connectivity index (χ4n) is 3.48. The zero-order valence-electron chi connectivity index (χ0n) is 15.1. The van der Waals surface area contributed by atoms with Crippen molar-refractivity contribution < 1.29 is 19.8 Å². The molecule has 0 saturated carbocycles. The molecule has 1 aromatic rings. The summed E-state index contributed by atoms with van der Waals surface area (Å²) in [5.41, 5.74) is 1.42. The van der Waals surface area contributed by atoms with Crippen molar-refractivity contribution in [1.82, 2.24) is 4.90 Å². The molecular weight excluding hydrogens is 332 g/mol. The van der Waals surface area contributed by atoms with Crippen molar-refractivity contribution in [2.75, 3.05) is 13.1 Å². The Morgan fingerprint density at radius 2 is 2.04 bits per heavy atom. The summed E-state index contributed by atoms with van der Waals surface area (Å²) in [5, 5.41) is 23.5. The Hall–Kier alpha value is -2.34. The zero-order chi connectivity index (χ0) is 18.5. The Labute approximate surface area is 153 Å². The SMILES string of the molecule is CCCCC(=O)C1CCN(Cc2ccc3c(c2O)ON=C(O)C=C3)CC1. The highest BCUT2D eigenvalue weighted by Gasteiger charge is 2.25. The van der Waals surface area contributed by atoms with Crippen molar-refractivity contribution in [2.45, 2.75) is 45.6 Å². The molecule has 0 unspecified atom stereocenters. The number of carbonyl (C=O) groups excluding carboxylic acids is 1. The molecule has 140 valence electrons. The summed E-state index contributed by atoms with van der Waals surface area (Å²) in [7, 11) is 0. The van der Waals surface area contributed by atoms with Crippen LogP contribution in [0.2, 0.25) is 0 Å². The topological polar surface area (TPSA) is 82.4 Å². The van der Waals surface area contributed by atoms with Crippen LogP contribution in [0.5, 0.6) is 11.5 Å². The van der Waals surface area contributed by atoms with Crippen LogP contribution < -0.4 is 4.84 Å². The van der Waals surface area contributed by atoms with Crippen molar-refractivity contribution in [1.29, 1.82) is 0 Å². The normalized spacial score (nSPS) is 18.0. The maximum absolute atomic E-state index is 12.2. The van der Waals surface area contributed by atoms with Gasteiger partial charge in [0.2, 0.25) is 11.6 Å². The first kappa shape index (κ1) is 18.5. The highest BCUT2D eigenvalue weighted by Crippen LogP contribution is 2.37. The number of hydrogen-bond acceptors (Lipinski definition) is 5. The minimum atomic E-state index is -0.239. The van der Waals surface area contributed by atoms with Crippen LogP contribution in [0.15, 0.2) is 23.4 Å². The van der Waals surface area contributed by atoms with Crippen LogP contribution in [-0.4, -0.2) is 39.9 Å². The van der Waals surface area contributed by atoms with Gasteiger partial charge in [-0.1, -0.05) is 25.5 Å². The molecule has 2 aliphatic heterocycles. The first-order valence-electron chi connectivity index (χ1n) is 9.30. The molecule has 3 rings (SSSR count). The smallest absolute Gasteiger partial charge is 0.248 e. The lowest BCUT2D eigenvalue weighted by atomic mass is 9.90. The number of rotatable bonds is 6. The van der Waals surface area contributed by atoms with Crippen molar-refractivity contribution in [2.24, 2.45) is 11.1 Å². The van der Waals surface area contributed by atoms with E-state index >= 15 is 0 Å². The van der Waals surface area contributed by atoms with Gasteiger partial charge < -0.3 is 15.1 Å². The molecule has 2 heterocycles. The van der Waals surface area contributed by atoms with E-state index in [4.69, 9.17) is 4.84 Å². The van der Waals surface area contributed by atoms with Gasteiger partial charge in [-0.05, 0) is 43.6 Å². The number of fused-ring (bicyclic) bond motifs is 1. The fraction of sp³-hybridized carbons (Fsp3) is 0.500. The molecule has 0 aromatic heterocycles. The van der Waals surface area contributed by atoms with E-state index in [1.165, 1.54) is 6.08 Å². The molecule has 1 saturated heterocycles. The molecule has 6 heteroatoms. The molecule has 1 aromatic carbocycles. The molecule has 0 bridgehead atoms. The Kier molecular flexibility index (Phi) is 5.93. The van der Waals surface area contributed by atoms with Gasteiger partial charge in [-0.15, -0.1) is 0 Å². The second-order valence-corrected chi connectivity index (χ2v) is 6.99. The largest absolute Gasteiger partial charge is 0.504 e. The first-order valence-corrected chi connectivity index (χ1v) is 9.30. The van der Waals surface area contributed by atoms with Crippen LogP contribution in [-0.2, 0) is 11.3 Å². The molecule has 0 aliphatic carbocycles. The summed E-state index contributed by atoms with van der Waals surface area (Å²) in [5.74, 6) is 0.651. The molecule has 0 atom stereocenters. The Morgan fingerprint density at radius 1 is 1.27 bits per heavy atom. The Morgan fingerprint density at radius 3 is 2.77 bits per heavy atom. The number of Topliss-reactive ketones (excluding diaryl/α,β-unsaturated/α-hetero) is 1. The Balaban J connectivity index is 1.61. The summed E-state index contributed by atoms with van der Waals surface area (Å²) in [4.78, 5) is 19.6. The number of phenols is 1. The molecule has 2 aliphatic rings. The zero-order valence-corrected chi connectivity index (χ0v) is 15.1. The van der Waals surface area contributed by atoms with Crippen LogP contribution >= 0.6 is 0 Å². The highest BCUT2D eigenvalue weighted by atomic mass is 16.6. The first-order chi connectivity index (χ1) is 12.6. The lowest BCUT2D eigenvalue weighted by molar-refractivity contribution is -0.124. The summed E-state index contributed by atoms with van der Waals surface area (Å²) < 4.78 is 0. The maximum Gasteiger partial charge on any atom is 0.248 e. The molecule has 0 radical (unpaired) electrons. The van der Waals surface area contributed by atoms with E-state index in [0.29, 0.717) is 24.3 Å². The monoisotopic (exact) mass is 358 g/mol. The van der Waals surface area contributed by atoms with Gasteiger partial charge in [-0.25, -0.2) is 0 Å². The van der Waals surface area contributed by atoms with Crippen molar-refractivity contribution in [3.8, 4) is 11.5 Å². The van der Waals surface area contributed by atoms with E-state index < -0.39 is 0 Å². The van der Waals surface area contributed by atoms with Crippen molar-refractivity contribution in [3.05, 3.63) is 29.3 Å². The van der Waals surface area contributed by atoms with Crippen LogP contribution in [0.3, 0.4) is 0 Å². The molecular formula is C20H26N2O4. The average Bonchev–Trinajstić information content (AvgIpc) is 2.85. The lowest BCUT2D eigenvalue weighted by Gasteiger charge is -2.31. The fourth-order valence-corrected chi connectivity index (χ4v) is 3.48. The second kappa shape index (κ2) is 8.36.